The van der Waals surface area contributed by atoms with Crippen molar-refractivity contribution in [1.29, 1.82) is 0 Å². The first-order valence-corrected chi connectivity index (χ1v) is 7.68. The van der Waals surface area contributed by atoms with Crippen LogP contribution in [-0.2, 0) is 0 Å². The van der Waals surface area contributed by atoms with Crippen LogP contribution in [0, 0.1) is 0 Å². The number of anilines is 2. The van der Waals surface area contributed by atoms with Gasteiger partial charge in [-0.05, 0) is 26.5 Å². The Balaban J connectivity index is 2.82. The standard InChI is InChI=1S/C13H24N4OS/c1-6-7-14-11-10(18-4)12(17-9-16-11)15-8-13(2,3)19-5/h9H,6-8H2,1-5H3,(H2,14,15,16,17). The molecule has 2 N–H and O–H groups in total. The van der Waals surface area contributed by atoms with E-state index in [1.807, 2.05) is 11.8 Å². The molecule has 0 saturated carbocycles. The Morgan fingerprint density at radius 2 is 1.89 bits per heavy atom. The van der Waals surface area contributed by atoms with Crippen molar-refractivity contribution in [1.82, 2.24) is 9.97 Å². The third kappa shape index (κ3) is 4.78. The molecule has 1 heterocycles. The summed E-state index contributed by atoms with van der Waals surface area (Å²) in [5.74, 6) is 2.15. The Labute approximate surface area is 119 Å². The zero-order chi connectivity index (χ0) is 14.3. The second-order valence-electron chi connectivity index (χ2n) is 4.85. The molecule has 0 saturated heterocycles. The van der Waals surface area contributed by atoms with Gasteiger partial charge in [-0.25, -0.2) is 9.97 Å². The highest BCUT2D eigenvalue weighted by molar-refractivity contribution is 7.99. The highest BCUT2D eigenvalue weighted by atomic mass is 32.2. The highest BCUT2D eigenvalue weighted by Crippen LogP contribution is 2.30. The van der Waals surface area contributed by atoms with Crippen molar-refractivity contribution in [3.8, 4) is 5.75 Å². The molecule has 5 nitrogen and oxygen atoms in total. The van der Waals surface area contributed by atoms with Crippen molar-refractivity contribution >= 4 is 23.4 Å². The maximum atomic E-state index is 5.42. The number of aromatic nitrogens is 2. The number of thioether (sulfide) groups is 1. The quantitative estimate of drug-likeness (QED) is 0.765. The van der Waals surface area contributed by atoms with E-state index in [1.54, 1.807) is 13.4 Å². The number of rotatable bonds is 8. The van der Waals surface area contributed by atoms with Gasteiger partial charge in [0.05, 0.1) is 7.11 Å². The first-order valence-electron chi connectivity index (χ1n) is 6.46. The van der Waals surface area contributed by atoms with Gasteiger partial charge in [-0.3, -0.25) is 0 Å². The van der Waals surface area contributed by atoms with Crippen molar-refractivity contribution < 1.29 is 4.74 Å². The van der Waals surface area contributed by atoms with E-state index in [2.05, 4.69) is 47.6 Å². The van der Waals surface area contributed by atoms with E-state index in [9.17, 15) is 0 Å². The van der Waals surface area contributed by atoms with E-state index < -0.39 is 0 Å². The van der Waals surface area contributed by atoms with Crippen LogP contribution in [0.4, 0.5) is 11.6 Å². The van der Waals surface area contributed by atoms with Crippen molar-refractivity contribution in [2.24, 2.45) is 0 Å². The van der Waals surface area contributed by atoms with Gasteiger partial charge in [0.1, 0.15) is 6.33 Å². The zero-order valence-corrected chi connectivity index (χ0v) is 13.2. The van der Waals surface area contributed by atoms with Gasteiger partial charge in [-0.1, -0.05) is 6.92 Å². The number of methoxy groups -OCH3 is 1. The smallest absolute Gasteiger partial charge is 0.204 e. The first-order chi connectivity index (χ1) is 9.04. The normalized spacial score (nSPS) is 11.2. The summed E-state index contributed by atoms with van der Waals surface area (Å²) in [7, 11) is 1.64. The summed E-state index contributed by atoms with van der Waals surface area (Å²) < 4.78 is 5.56. The molecule has 0 amide bonds. The van der Waals surface area contributed by atoms with Crippen molar-refractivity contribution in [3.63, 3.8) is 0 Å². The van der Waals surface area contributed by atoms with Gasteiger partial charge in [0.25, 0.3) is 0 Å². The Bertz CT molecular complexity index is 398. The second kappa shape index (κ2) is 7.43. The van der Waals surface area contributed by atoms with Gasteiger partial charge in [0, 0.05) is 17.8 Å². The van der Waals surface area contributed by atoms with Gasteiger partial charge >= 0.3 is 0 Å². The molecule has 0 atom stereocenters. The number of ether oxygens (including phenoxy) is 1. The van der Waals surface area contributed by atoms with Crippen LogP contribution in [0.3, 0.4) is 0 Å². The number of hydrogen-bond acceptors (Lipinski definition) is 6. The van der Waals surface area contributed by atoms with E-state index in [4.69, 9.17) is 4.74 Å². The Morgan fingerprint density at radius 3 is 2.42 bits per heavy atom. The molecule has 0 aliphatic carbocycles. The molecule has 0 aliphatic heterocycles. The zero-order valence-electron chi connectivity index (χ0n) is 12.4. The summed E-state index contributed by atoms with van der Waals surface area (Å²) in [6.45, 7) is 8.17. The van der Waals surface area contributed by atoms with Crippen LogP contribution < -0.4 is 15.4 Å². The van der Waals surface area contributed by atoms with E-state index in [1.165, 1.54) is 0 Å². The van der Waals surface area contributed by atoms with Gasteiger partial charge in [-0.15, -0.1) is 0 Å². The molecule has 108 valence electrons. The second-order valence-corrected chi connectivity index (χ2v) is 6.36. The molecule has 0 aliphatic rings. The highest BCUT2D eigenvalue weighted by Gasteiger charge is 2.18. The van der Waals surface area contributed by atoms with Crippen LogP contribution in [0.15, 0.2) is 6.33 Å². The average Bonchev–Trinajstić information content (AvgIpc) is 2.42. The Hall–Kier alpha value is -1.17. The van der Waals surface area contributed by atoms with E-state index in [-0.39, 0.29) is 4.75 Å². The van der Waals surface area contributed by atoms with Crippen molar-refractivity contribution in [3.05, 3.63) is 6.33 Å². The third-order valence-corrected chi connectivity index (χ3v) is 4.03. The minimum atomic E-state index is 0.146. The molecule has 0 spiro atoms. The van der Waals surface area contributed by atoms with Gasteiger partial charge < -0.3 is 15.4 Å². The fourth-order valence-electron chi connectivity index (χ4n) is 1.43. The molecule has 0 bridgehead atoms. The molecule has 6 heteroatoms. The lowest BCUT2D eigenvalue weighted by Gasteiger charge is -2.23. The van der Waals surface area contributed by atoms with Crippen LogP contribution in [-0.4, -0.2) is 41.2 Å². The van der Waals surface area contributed by atoms with Gasteiger partial charge in [0.2, 0.25) is 5.75 Å². The maximum absolute atomic E-state index is 5.42. The maximum Gasteiger partial charge on any atom is 0.204 e. The predicted molar refractivity (Wildman–Crippen MR) is 83.4 cm³/mol. The molecular weight excluding hydrogens is 260 g/mol. The third-order valence-electron chi connectivity index (χ3n) is 2.78. The molecule has 0 aromatic carbocycles. The van der Waals surface area contributed by atoms with Gasteiger partial charge in [-0.2, -0.15) is 11.8 Å². The molecule has 0 radical (unpaired) electrons. The molecule has 0 fully saturated rings. The largest absolute Gasteiger partial charge is 0.490 e. The summed E-state index contributed by atoms with van der Waals surface area (Å²) in [6.07, 6.45) is 4.69. The van der Waals surface area contributed by atoms with E-state index in [0.717, 1.165) is 31.1 Å². The van der Waals surface area contributed by atoms with E-state index >= 15 is 0 Å². The van der Waals surface area contributed by atoms with Gasteiger partial charge in [0.15, 0.2) is 11.6 Å². The molecular formula is C13H24N4OS. The first kappa shape index (κ1) is 15.9. The Kier molecular flexibility index (Phi) is 6.21. The fourth-order valence-corrected chi connectivity index (χ4v) is 1.65. The fraction of sp³-hybridized carbons (Fsp3) is 0.692. The number of hydrogen-bond donors (Lipinski definition) is 2. The monoisotopic (exact) mass is 284 g/mol. The number of nitrogens with zero attached hydrogens (tertiary/aromatic N) is 2. The summed E-state index contributed by atoms with van der Waals surface area (Å²) in [4.78, 5) is 8.48. The van der Waals surface area contributed by atoms with Crippen LogP contribution in [0.5, 0.6) is 5.75 Å². The molecule has 1 aromatic rings. The average molecular weight is 284 g/mol. The topological polar surface area (TPSA) is 59.1 Å². The predicted octanol–water partition coefficient (Wildman–Crippen LogP) is 2.86. The van der Waals surface area contributed by atoms with E-state index in [0.29, 0.717) is 5.75 Å². The summed E-state index contributed by atoms with van der Waals surface area (Å²) >= 11 is 1.82. The van der Waals surface area contributed by atoms with Crippen molar-refractivity contribution in [2.75, 3.05) is 37.1 Å². The summed E-state index contributed by atoms with van der Waals surface area (Å²) in [5, 5.41) is 6.58. The van der Waals surface area contributed by atoms with Crippen molar-refractivity contribution in [2.45, 2.75) is 31.9 Å². The van der Waals surface area contributed by atoms with Crippen LogP contribution in [0.2, 0.25) is 0 Å². The van der Waals surface area contributed by atoms with Crippen LogP contribution in [0.25, 0.3) is 0 Å². The lowest BCUT2D eigenvalue weighted by atomic mass is 10.2. The molecule has 1 rings (SSSR count). The lowest BCUT2D eigenvalue weighted by molar-refractivity contribution is 0.414. The number of nitrogens with one attached hydrogen (secondary N) is 2. The van der Waals surface area contributed by atoms with Crippen LogP contribution in [0.1, 0.15) is 27.2 Å². The lowest BCUT2D eigenvalue weighted by Crippen LogP contribution is -2.26. The molecule has 1 aromatic heterocycles. The summed E-state index contributed by atoms with van der Waals surface area (Å²) in [6, 6.07) is 0. The Morgan fingerprint density at radius 1 is 1.26 bits per heavy atom. The molecule has 19 heavy (non-hydrogen) atoms. The minimum absolute atomic E-state index is 0.146. The SMILES string of the molecule is CCCNc1ncnc(NCC(C)(C)SC)c1OC. The minimum Gasteiger partial charge on any atom is -0.490 e. The molecule has 0 unspecified atom stereocenters. The van der Waals surface area contributed by atoms with Crippen LogP contribution >= 0.6 is 11.8 Å². The summed E-state index contributed by atoms with van der Waals surface area (Å²) in [5.41, 5.74) is 0.